The largest absolute Gasteiger partial charge is 0.484 e. The monoisotopic (exact) mass is 339 g/mol. The molecule has 7 heteroatoms. The van der Waals surface area contributed by atoms with Gasteiger partial charge in [-0.25, -0.2) is 0 Å². The van der Waals surface area contributed by atoms with Crippen molar-refractivity contribution in [3.8, 4) is 5.75 Å². The number of halogens is 1. The number of hydrogen-bond donors (Lipinski definition) is 3. The lowest BCUT2D eigenvalue weighted by Gasteiger charge is -2.23. The summed E-state index contributed by atoms with van der Waals surface area (Å²) in [5, 5.41) is 6.30. The van der Waals surface area contributed by atoms with Crippen molar-refractivity contribution in [2.45, 2.75) is 19.3 Å². The molecule has 4 N–H and O–H groups in total. The number of anilines is 1. The molecule has 1 unspecified atom stereocenters. The first kappa shape index (κ1) is 17.6. The summed E-state index contributed by atoms with van der Waals surface area (Å²) in [6.45, 7) is 1.87. The fraction of sp³-hybridized carbons (Fsp3) is 0.500. The molecule has 6 nitrogen and oxygen atoms in total. The fourth-order valence-electron chi connectivity index (χ4n) is 3.21. The van der Waals surface area contributed by atoms with Crippen LogP contribution in [0.4, 0.5) is 5.69 Å². The third kappa shape index (κ3) is 4.14. The van der Waals surface area contributed by atoms with Crippen molar-refractivity contribution >= 4 is 29.9 Å². The van der Waals surface area contributed by atoms with Crippen molar-refractivity contribution < 1.29 is 14.3 Å². The Bertz CT molecular complexity index is 570. The Hall–Kier alpha value is -1.79. The Morgan fingerprint density at radius 3 is 2.52 bits per heavy atom. The van der Waals surface area contributed by atoms with Crippen LogP contribution in [-0.4, -0.2) is 31.5 Å². The molecule has 1 aromatic rings. The summed E-state index contributed by atoms with van der Waals surface area (Å²) in [5.41, 5.74) is 6.00. The summed E-state index contributed by atoms with van der Waals surface area (Å²) in [5.74, 6) is 0.282. The Morgan fingerprint density at radius 2 is 1.91 bits per heavy atom. The highest BCUT2D eigenvalue weighted by molar-refractivity contribution is 5.95. The van der Waals surface area contributed by atoms with Crippen molar-refractivity contribution in [2.24, 2.45) is 17.1 Å². The Balaban J connectivity index is 0.00000192. The summed E-state index contributed by atoms with van der Waals surface area (Å²) in [6, 6.07) is 6.97. The molecule has 1 atom stereocenters. The Morgan fingerprint density at radius 1 is 1.26 bits per heavy atom. The highest BCUT2D eigenvalue weighted by atomic mass is 35.5. The number of rotatable bonds is 5. The Labute approximate surface area is 141 Å². The summed E-state index contributed by atoms with van der Waals surface area (Å²) < 4.78 is 5.18. The summed E-state index contributed by atoms with van der Waals surface area (Å²) in [4.78, 5) is 23.0. The highest BCUT2D eigenvalue weighted by Gasteiger charge is 2.57. The molecule has 1 aromatic carbocycles. The van der Waals surface area contributed by atoms with Gasteiger partial charge in [0.05, 0.1) is 0 Å². The number of nitrogens with one attached hydrogen (secondary N) is 2. The fourth-order valence-corrected chi connectivity index (χ4v) is 3.21. The lowest BCUT2D eigenvalue weighted by molar-refractivity contribution is -0.120. The summed E-state index contributed by atoms with van der Waals surface area (Å²) in [7, 11) is 0. The molecule has 1 aliphatic heterocycles. The van der Waals surface area contributed by atoms with E-state index in [0.29, 0.717) is 5.75 Å². The average Bonchev–Trinajstić information content (AvgIpc) is 3.20. The lowest BCUT2D eigenvalue weighted by Crippen LogP contribution is -2.31. The van der Waals surface area contributed by atoms with Crippen LogP contribution in [0.15, 0.2) is 24.3 Å². The van der Waals surface area contributed by atoms with Gasteiger partial charge in [-0.1, -0.05) is 0 Å². The van der Waals surface area contributed by atoms with Crippen molar-refractivity contribution in [2.75, 3.05) is 25.0 Å². The number of carbonyl (C=O) groups is 2. The number of piperidine rings is 1. The quantitative estimate of drug-likeness (QED) is 0.753. The van der Waals surface area contributed by atoms with E-state index in [1.807, 2.05) is 0 Å². The van der Waals surface area contributed by atoms with Gasteiger partial charge in [-0.05, 0) is 62.0 Å². The molecule has 2 aliphatic rings. The van der Waals surface area contributed by atoms with Gasteiger partial charge in [0.1, 0.15) is 5.75 Å². The molecule has 1 spiro atoms. The zero-order valence-electron chi connectivity index (χ0n) is 12.8. The van der Waals surface area contributed by atoms with Crippen LogP contribution < -0.4 is 21.1 Å². The molecular formula is C16H22ClN3O3. The standard InChI is InChI=1S/C16H21N3O3.ClH/c17-14(20)10-22-12-3-1-11(2-4-12)19-15(21)13-9-16(13)5-7-18-8-6-16;/h1-4,13,18H,5-10H2,(H2,17,20)(H,19,21);1H. The maximum atomic E-state index is 12.3. The first-order valence-electron chi connectivity index (χ1n) is 7.62. The third-order valence-corrected chi connectivity index (χ3v) is 4.61. The first-order valence-corrected chi connectivity index (χ1v) is 7.62. The number of amides is 2. The molecule has 2 fully saturated rings. The maximum Gasteiger partial charge on any atom is 0.255 e. The Kier molecular flexibility index (Phi) is 5.49. The number of hydrogen-bond acceptors (Lipinski definition) is 4. The lowest BCUT2D eigenvalue weighted by atomic mass is 9.92. The molecule has 0 aromatic heterocycles. The third-order valence-electron chi connectivity index (χ3n) is 4.61. The molecular weight excluding hydrogens is 318 g/mol. The number of primary amides is 1. The second kappa shape index (κ2) is 7.19. The van der Waals surface area contributed by atoms with Gasteiger partial charge in [-0.15, -0.1) is 12.4 Å². The predicted molar refractivity (Wildman–Crippen MR) is 89.7 cm³/mol. The van der Waals surface area contributed by atoms with Gasteiger partial charge >= 0.3 is 0 Å². The minimum Gasteiger partial charge on any atom is -0.484 e. The number of carbonyl (C=O) groups excluding carboxylic acids is 2. The van der Waals surface area contributed by atoms with E-state index in [4.69, 9.17) is 10.5 Å². The molecule has 126 valence electrons. The highest BCUT2D eigenvalue weighted by Crippen LogP contribution is 2.58. The zero-order valence-corrected chi connectivity index (χ0v) is 13.7. The number of nitrogens with two attached hydrogens (primary N) is 1. The van der Waals surface area contributed by atoms with E-state index < -0.39 is 5.91 Å². The van der Waals surface area contributed by atoms with Gasteiger partial charge < -0.3 is 21.1 Å². The van der Waals surface area contributed by atoms with Crippen LogP contribution in [0.1, 0.15) is 19.3 Å². The smallest absolute Gasteiger partial charge is 0.255 e. The average molecular weight is 340 g/mol. The van der Waals surface area contributed by atoms with Crippen LogP contribution in [0.25, 0.3) is 0 Å². The van der Waals surface area contributed by atoms with E-state index in [2.05, 4.69) is 10.6 Å². The number of ether oxygens (including phenoxy) is 1. The molecule has 1 aliphatic carbocycles. The first-order chi connectivity index (χ1) is 10.6. The molecule has 3 rings (SSSR count). The van der Waals surface area contributed by atoms with E-state index in [-0.39, 0.29) is 36.3 Å². The molecule has 0 bridgehead atoms. The van der Waals surface area contributed by atoms with Gasteiger partial charge in [-0.2, -0.15) is 0 Å². The van der Waals surface area contributed by atoms with Gasteiger partial charge in [0, 0.05) is 11.6 Å². The number of benzene rings is 1. The van der Waals surface area contributed by atoms with E-state index in [0.717, 1.165) is 38.0 Å². The normalized spacial score (nSPS) is 21.1. The molecule has 1 saturated heterocycles. The molecule has 1 heterocycles. The minimum atomic E-state index is -0.515. The minimum absolute atomic E-state index is 0. The van der Waals surface area contributed by atoms with Crippen molar-refractivity contribution in [3.05, 3.63) is 24.3 Å². The van der Waals surface area contributed by atoms with Gasteiger partial charge in [0.15, 0.2) is 6.61 Å². The van der Waals surface area contributed by atoms with Crippen molar-refractivity contribution in [1.29, 1.82) is 0 Å². The summed E-state index contributed by atoms with van der Waals surface area (Å²) in [6.07, 6.45) is 3.18. The second-order valence-corrected chi connectivity index (χ2v) is 6.14. The SMILES string of the molecule is Cl.NC(=O)COc1ccc(NC(=O)C2CC23CCNCC3)cc1. The summed E-state index contributed by atoms with van der Waals surface area (Å²) >= 11 is 0. The van der Waals surface area contributed by atoms with Crippen LogP contribution in [-0.2, 0) is 9.59 Å². The zero-order chi connectivity index (χ0) is 15.6. The van der Waals surface area contributed by atoms with Crippen LogP contribution in [0.5, 0.6) is 5.75 Å². The molecule has 2 amide bonds. The van der Waals surface area contributed by atoms with Crippen LogP contribution >= 0.6 is 12.4 Å². The van der Waals surface area contributed by atoms with Gasteiger partial charge in [0.2, 0.25) is 5.91 Å². The van der Waals surface area contributed by atoms with Gasteiger partial charge in [0.25, 0.3) is 5.91 Å². The van der Waals surface area contributed by atoms with Crippen LogP contribution in [0.2, 0.25) is 0 Å². The second-order valence-electron chi connectivity index (χ2n) is 6.14. The van der Waals surface area contributed by atoms with Crippen molar-refractivity contribution in [1.82, 2.24) is 5.32 Å². The van der Waals surface area contributed by atoms with E-state index >= 15 is 0 Å². The van der Waals surface area contributed by atoms with E-state index in [1.54, 1.807) is 24.3 Å². The topological polar surface area (TPSA) is 93.5 Å². The van der Waals surface area contributed by atoms with Crippen molar-refractivity contribution in [3.63, 3.8) is 0 Å². The van der Waals surface area contributed by atoms with Crippen LogP contribution in [0.3, 0.4) is 0 Å². The van der Waals surface area contributed by atoms with E-state index in [9.17, 15) is 9.59 Å². The molecule has 0 radical (unpaired) electrons. The molecule has 23 heavy (non-hydrogen) atoms. The van der Waals surface area contributed by atoms with E-state index in [1.165, 1.54) is 0 Å². The van der Waals surface area contributed by atoms with Gasteiger partial charge in [-0.3, -0.25) is 9.59 Å². The maximum absolute atomic E-state index is 12.3. The predicted octanol–water partition coefficient (Wildman–Crippen LogP) is 1.30. The van der Waals surface area contributed by atoms with Crippen LogP contribution in [0, 0.1) is 11.3 Å². The molecule has 1 saturated carbocycles.